The summed E-state index contributed by atoms with van der Waals surface area (Å²) >= 11 is 1.53. The Morgan fingerprint density at radius 3 is 2.68 bits per heavy atom. The van der Waals surface area contributed by atoms with Gasteiger partial charge >= 0.3 is 5.97 Å². The van der Waals surface area contributed by atoms with Crippen LogP contribution < -0.4 is 10.6 Å². The number of aromatic carboxylic acids is 1. The number of hydrogen-bond donors (Lipinski definition) is 3. The number of carboxylic acid groups (broad SMARTS) is 1. The lowest BCUT2D eigenvalue weighted by Gasteiger charge is -2.11. The van der Waals surface area contributed by atoms with Crippen molar-refractivity contribution in [2.24, 2.45) is 0 Å². The fourth-order valence-corrected chi connectivity index (χ4v) is 5.76. The smallest absolute Gasteiger partial charge is 0.335 e. The SMILES string of the molecule is O=C(O)c1ccccc1CSc1nc(CCNC(=O)[C@@H]2CCCN2)cn1Cc1cccc2ccccc12. The quantitative estimate of drug-likeness (QED) is 0.270. The van der Waals surface area contributed by atoms with Crippen LogP contribution in [-0.2, 0) is 23.5 Å². The number of nitrogens with zero attached hydrogens (tertiary/aromatic N) is 2. The highest BCUT2D eigenvalue weighted by atomic mass is 32.2. The lowest BCUT2D eigenvalue weighted by Crippen LogP contribution is -2.41. The average Bonchev–Trinajstić information content (AvgIpc) is 3.58. The van der Waals surface area contributed by atoms with Gasteiger partial charge in [0.05, 0.1) is 23.8 Å². The van der Waals surface area contributed by atoms with Gasteiger partial charge in [-0.1, -0.05) is 72.4 Å². The van der Waals surface area contributed by atoms with Crippen LogP contribution in [0, 0.1) is 0 Å². The van der Waals surface area contributed by atoms with Crippen molar-refractivity contribution in [3.63, 3.8) is 0 Å². The third kappa shape index (κ3) is 6.03. The Bertz CT molecular complexity index is 1410. The third-order valence-corrected chi connectivity index (χ3v) is 7.71. The van der Waals surface area contributed by atoms with E-state index in [1.165, 1.54) is 28.1 Å². The lowest BCUT2D eigenvalue weighted by atomic mass is 10.0. The summed E-state index contributed by atoms with van der Waals surface area (Å²) in [6.45, 7) is 2.06. The van der Waals surface area contributed by atoms with Gasteiger partial charge in [-0.25, -0.2) is 9.78 Å². The van der Waals surface area contributed by atoms with Crippen molar-refractivity contribution in [1.82, 2.24) is 20.2 Å². The van der Waals surface area contributed by atoms with Crippen molar-refractivity contribution in [3.05, 3.63) is 95.3 Å². The predicted octanol–water partition coefficient (Wildman–Crippen LogP) is 4.49. The molecule has 1 fully saturated rings. The maximum absolute atomic E-state index is 12.4. The second kappa shape index (κ2) is 11.6. The Kier molecular flexibility index (Phi) is 7.87. The number of carboxylic acids is 1. The lowest BCUT2D eigenvalue weighted by molar-refractivity contribution is -0.122. The standard InChI is InChI=1S/C29H30N4O3S/c34-27(26-13-6-15-30-26)31-16-14-23-18-33(17-21-10-5-9-20-7-1-3-11-24(20)21)29(32-23)37-19-22-8-2-4-12-25(22)28(35)36/h1-5,7-12,18,26,30H,6,13-17,19H2,(H,31,34)(H,35,36)/t26-/m0/s1. The van der Waals surface area contributed by atoms with E-state index in [0.717, 1.165) is 35.8 Å². The number of hydrogen-bond acceptors (Lipinski definition) is 5. The first kappa shape index (κ1) is 25.0. The maximum atomic E-state index is 12.4. The predicted molar refractivity (Wildman–Crippen MR) is 146 cm³/mol. The number of amides is 1. The Hall–Kier alpha value is -3.62. The zero-order valence-electron chi connectivity index (χ0n) is 20.5. The zero-order valence-corrected chi connectivity index (χ0v) is 21.3. The number of aromatic nitrogens is 2. The van der Waals surface area contributed by atoms with Gasteiger partial charge in [0.2, 0.25) is 5.91 Å². The molecule has 0 saturated carbocycles. The molecule has 1 atom stereocenters. The molecule has 1 amide bonds. The first-order chi connectivity index (χ1) is 18.1. The summed E-state index contributed by atoms with van der Waals surface area (Å²) in [5.41, 5.74) is 3.16. The number of rotatable bonds is 10. The molecular formula is C29H30N4O3S. The third-order valence-electron chi connectivity index (χ3n) is 6.67. The van der Waals surface area contributed by atoms with E-state index in [2.05, 4.69) is 45.5 Å². The molecule has 1 aliphatic heterocycles. The largest absolute Gasteiger partial charge is 0.478 e. The molecule has 0 spiro atoms. The Morgan fingerprint density at radius 1 is 1.05 bits per heavy atom. The number of carbonyl (C=O) groups excluding carboxylic acids is 1. The van der Waals surface area contributed by atoms with Crippen LogP contribution in [0.4, 0.5) is 0 Å². The summed E-state index contributed by atoms with van der Waals surface area (Å²) in [6.07, 6.45) is 4.58. The molecule has 37 heavy (non-hydrogen) atoms. The van der Waals surface area contributed by atoms with Gasteiger partial charge in [0.25, 0.3) is 0 Å². The average molecular weight is 515 g/mol. The molecule has 190 valence electrons. The highest BCUT2D eigenvalue weighted by molar-refractivity contribution is 7.98. The minimum atomic E-state index is -0.927. The van der Waals surface area contributed by atoms with Gasteiger partial charge < -0.3 is 20.3 Å². The summed E-state index contributed by atoms with van der Waals surface area (Å²) in [5.74, 6) is -0.380. The summed E-state index contributed by atoms with van der Waals surface area (Å²) in [7, 11) is 0. The van der Waals surface area contributed by atoms with Crippen molar-refractivity contribution in [1.29, 1.82) is 0 Å². The van der Waals surface area contributed by atoms with E-state index >= 15 is 0 Å². The van der Waals surface area contributed by atoms with E-state index in [-0.39, 0.29) is 11.9 Å². The van der Waals surface area contributed by atoms with Gasteiger partial charge in [0.1, 0.15) is 0 Å². The second-order valence-electron chi connectivity index (χ2n) is 9.22. The fraction of sp³-hybridized carbons (Fsp3) is 0.276. The van der Waals surface area contributed by atoms with Gasteiger partial charge in [0.15, 0.2) is 5.16 Å². The van der Waals surface area contributed by atoms with Crippen molar-refractivity contribution < 1.29 is 14.7 Å². The molecule has 2 heterocycles. The van der Waals surface area contributed by atoms with Crippen molar-refractivity contribution >= 4 is 34.4 Å². The monoisotopic (exact) mass is 514 g/mol. The normalized spacial score (nSPS) is 15.2. The summed E-state index contributed by atoms with van der Waals surface area (Å²) in [5, 5.41) is 19.0. The van der Waals surface area contributed by atoms with Crippen LogP contribution in [0.25, 0.3) is 10.8 Å². The number of imidazole rings is 1. The first-order valence-corrected chi connectivity index (χ1v) is 13.5. The summed E-state index contributed by atoms with van der Waals surface area (Å²) < 4.78 is 2.13. The van der Waals surface area contributed by atoms with Crippen LogP contribution in [0.2, 0.25) is 0 Å². The molecule has 4 aromatic rings. The molecule has 0 aliphatic carbocycles. The molecule has 0 radical (unpaired) electrons. The van der Waals surface area contributed by atoms with Crippen molar-refractivity contribution in [2.75, 3.05) is 13.1 Å². The van der Waals surface area contributed by atoms with Crippen LogP contribution in [0.1, 0.15) is 40.0 Å². The molecule has 0 bridgehead atoms. The number of benzene rings is 3. The molecule has 1 saturated heterocycles. The highest BCUT2D eigenvalue weighted by Crippen LogP contribution is 2.27. The van der Waals surface area contributed by atoms with Crippen LogP contribution >= 0.6 is 11.8 Å². The molecule has 8 heteroatoms. The van der Waals surface area contributed by atoms with Gasteiger partial charge in [-0.05, 0) is 47.4 Å². The molecule has 7 nitrogen and oxygen atoms in total. The van der Waals surface area contributed by atoms with E-state index < -0.39 is 5.97 Å². The number of nitrogens with one attached hydrogen (secondary N) is 2. The van der Waals surface area contributed by atoms with E-state index in [1.807, 2.05) is 30.5 Å². The van der Waals surface area contributed by atoms with E-state index in [0.29, 0.717) is 30.8 Å². The Morgan fingerprint density at radius 2 is 1.84 bits per heavy atom. The molecule has 1 aliphatic rings. The van der Waals surface area contributed by atoms with Crippen molar-refractivity contribution in [3.8, 4) is 0 Å². The molecule has 0 unspecified atom stereocenters. The Labute approximate surface area is 220 Å². The van der Waals surface area contributed by atoms with E-state index in [1.54, 1.807) is 12.1 Å². The molecular weight excluding hydrogens is 484 g/mol. The van der Waals surface area contributed by atoms with Gasteiger partial charge in [-0.2, -0.15) is 0 Å². The summed E-state index contributed by atoms with van der Waals surface area (Å²) in [6, 6.07) is 21.6. The fourth-order valence-electron chi connectivity index (χ4n) is 4.76. The van der Waals surface area contributed by atoms with Gasteiger partial charge in [-0.15, -0.1) is 0 Å². The number of carbonyl (C=O) groups is 2. The van der Waals surface area contributed by atoms with E-state index in [9.17, 15) is 14.7 Å². The Balaban J connectivity index is 1.35. The van der Waals surface area contributed by atoms with Crippen LogP contribution in [0.3, 0.4) is 0 Å². The summed E-state index contributed by atoms with van der Waals surface area (Å²) in [4.78, 5) is 28.9. The van der Waals surface area contributed by atoms with Crippen LogP contribution in [0.15, 0.2) is 78.1 Å². The highest BCUT2D eigenvalue weighted by Gasteiger charge is 2.21. The second-order valence-corrected chi connectivity index (χ2v) is 10.2. The minimum Gasteiger partial charge on any atom is -0.478 e. The maximum Gasteiger partial charge on any atom is 0.335 e. The van der Waals surface area contributed by atoms with Crippen LogP contribution in [-0.4, -0.2) is 45.7 Å². The molecule has 3 N–H and O–H groups in total. The van der Waals surface area contributed by atoms with E-state index in [4.69, 9.17) is 4.98 Å². The number of thioether (sulfide) groups is 1. The van der Waals surface area contributed by atoms with Gasteiger partial charge in [-0.3, -0.25) is 4.79 Å². The first-order valence-electron chi connectivity index (χ1n) is 12.6. The van der Waals surface area contributed by atoms with Gasteiger partial charge in [0, 0.05) is 24.9 Å². The number of fused-ring (bicyclic) bond motifs is 1. The topological polar surface area (TPSA) is 96.2 Å². The minimum absolute atomic E-state index is 0.0487. The zero-order chi connectivity index (χ0) is 25.6. The molecule has 1 aromatic heterocycles. The molecule has 3 aromatic carbocycles. The molecule has 5 rings (SSSR count). The van der Waals surface area contributed by atoms with Crippen molar-refractivity contribution in [2.45, 2.75) is 42.8 Å². The van der Waals surface area contributed by atoms with Crippen LogP contribution in [0.5, 0.6) is 0 Å².